The number of hydrogen-bond acceptors (Lipinski definition) is 13. The van der Waals surface area contributed by atoms with Gasteiger partial charge in [-0.25, -0.2) is 23.1 Å². The van der Waals surface area contributed by atoms with Crippen molar-refractivity contribution in [2.45, 2.75) is 13.8 Å². The second kappa shape index (κ2) is 46.2. The summed E-state index contributed by atoms with van der Waals surface area (Å²) in [4.78, 5) is 77.4. The standard InChI is InChI=1S/C15H8BrClFNO2.C13H6BrClFNO.C8H5F.C7H4BrClINO2.C6H5BrClNO.C6H6ClNO.C5H2BrClINO.C5H3BrClNO/c1-9(20)21-15-11(8-13(16)14(17)19-15)5-2-10-3-6-12(18)7-4-10;14-11-7-9(13(18)17-12(11)15)4-1-8-2-5-10(16)6-3-8;1-2-7-3-5-8(9)6-4-7;1-3(12)13-7-5(10)2-4(8)6(9)11-7;1-10-5-3-2-4(7)6(8)9-5;1-9-6-4-2-3-5(7)8-6;6-2-1-3(8)5(10)9-4(2)7;6-3-1-2-4(9)8-5(3)7/h3-4,6-8H,1H3;2-3,5-7H,(H,17,18);1,3-6H;2H,1H3;2-3H,1H3;2-4H,1H3;1H,(H,9,10);1-2H,(H,8,9). The minimum atomic E-state index is -0.522. The molecule has 0 spiro atoms. The Morgan fingerprint density at radius 1 is 0.455 bits per heavy atom. The van der Waals surface area contributed by atoms with Gasteiger partial charge in [0, 0.05) is 48.7 Å². The first kappa shape index (κ1) is 87.7. The van der Waals surface area contributed by atoms with E-state index in [1.54, 1.807) is 105 Å². The van der Waals surface area contributed by atoms with Crippen LogP contribution in [0.2, 0.25) is 36.1 Å². The normalized spacial score (nSPS) is 9.55. The van der Waals surface area contributed by atoms with Crippen molar-refractivity contribution in [2.24, 2.45) is 0 Å². The zero-order valence-corrected chi connectivity index (χ0v) is 69.2. The molecule has 514 valence electrons. The number of pyridine rings is 7. The van der Waals surface area contributed by atoms with E-state index in [0.29, 0.717) is 80.6 Å². The van der Waals surface area contributed by atoms with E-state index in [1.807, 2.05) is 45.2 Å². The van der Waals surface area contributed by atoms with Gasteiger partial charge in [0.15, 0.2) is 0 Å². The summed E-state index contributed by atoms with van der Waals surface area (Å²) in [7, 11) is 3.10. The molecule has 10 rings (SSSR count). The average molecular weight is 2100 g/mol. The predicted molar refractivity (Wildman–Crippen MR) is 420 cm³/mol. The molecular formula is C65H39Br6Cl7F3I2N7O9. The van der Waals surface area contributed by atoms with Gasteiger partial charge >= 0.3 is 11.9 Å². The van der Waals surface area contributed by atoms with E-state index in [-0.39, 0.29) is 66.9 Å². The number of H-pyrrole nitrogens is 3. The van der Waals surface area contributed by atoms with Crippen molar-refractivity contribution in [3.8, 4) is 59.5 Å². The van der Waals surface area contributed by atoms with E-state index in [0.717, 1.165) is 8.04 Å². The summed E-state index contributed by atoms with van der Waals surface area (Å²) in [5.41, 5.74) is 1.92. The van der Waals surface area contributed by atoms with Crippen LogP contribution in [0.4, 0.5) is 13.2 Å². The number of carbonyl (C=O) groups is 2. The quantitative estimate of drug-likeness (QED) is 0.0647. The van der Waals surface area contributed by atoms with Crippen LogP contribution in [0, 0.1) is 60.6 Å². The fourth-order valence-corrected chi connectivity index (χ4v) is 10.4. The van der Waals surface area contributed by atoms with Gasteiger partial charge in [0.25, 0.3) is 11.1 Å². The third-order valence-corrected chi connectivity index (χ3v) is 18.9. The van der Waals surface area contributed by atoms with Gasteiger partial charge in [0.05, 0.1) is 59.3 Å². The van der Waals surface area contributed by atoms with Crippen LogP contribution in [-0.4, -0.2) is 61.0 Å². The Kier molecular flexibility index (Phi) is 40.9. The molecule has 7 aromatic heterocycles. The van der Waals surface area contributed by atoms with Crippen molar-refractivity contribution < 1.29 is 41.7 Å². The van der Waals surface area contributed by atoms with E-state index in [2.05, 4.69) is 160 Å². The Morgan fingerprint density at radius 3 is 1.32 bits per heavy atom. The van der Waals surface area contributed by atoms with Gasteiger partial charge in [-0.05, 0) is 256 Å². The molecule has 3 N–H and O–H groups in total. The highest BCUT2D eigenvalue weighted by atomic mass is 127. The zero-order chi connectivity index (χ0) is 74.1. The van der Waals surface area contributed by atoms with Gasteiger partial charge in [-0.2, -0.15) is 9.97 Å². The topological polar surface area (TPSA) is 221 Å². The molecular weight excluding hydrogens is 2060 g/mol. The second-order valence-corrected chi connectivity index (χ2v) is 27.5. The number of methoxy groups -OCH3 is 2. The first-order valence-electron chi connectivity index (χ1n) is 26.1. The summed E-state index contributed by atoms with van der Waals surface area (Å²) in [6.45, 7) is 2.57. The number of aromatic nitrogens is 7. The lowest BCUT2D eigenvalue weighted by molar-refractivity contribution is -0.133. The molecule has 0 aliphatic rings. The second-order valence-electron chi connectivity index (χ2n) is 17.4. The van der Waals surface area contributed by atoms with E-state index < -0.39 is 11.9 Å². The molecule has 0 fully saturated rings. The molecule has 34 heteroatoms. The van der Waals surface area contributed by atoms with E-state index >= 15 is 0 Å². The number of hydrogen-bond donors (Lipinski definition) is 3. The maximum Gasteiger partial charge on any atom is 0.309 e. The van der Waals surface area contributed by atoms with Crippen LogP contribution in [-0.2, 0) is 9.59 Å². The van der Waals surface area contributed by atoms with Crippen LogP contribution in [0.5, 0.6) is 23.5 Å². The Hall–Kier alpha value is -5.51. The number of rotatable bonds is 4. The monoisotopic (exact) mass is 2090 g/mol. The highest BCUT2D eigenvalue weighted by molar-refractivity contribution is 14.1. The summed E-state index contributed by atoms with van der Waals surface area (Å²) in [5.74, 6) is 13.0. The molecule has 0 aliphatic carbocycles. The minimum Gasteiger partial charge on any atom is -0.481 e. The smallest absolute Gasteiger partial charge is 0.309 e. The van der Waals surface area contributed by atoms with Crippen LogP contribution >= 0.6 is 222 Å². The van der Waals surface area contributed by atoms with Crippen LogP contribution in [0.1, 0.15) is 41.7 Å². The van der Waals surface area contributed by atoms with Crippen LogP contribution < -0.4 is 35.6 Å². The van der Waals surface area contributed by atoms with Crippen molar-refractivity contribution in [3.63, 3.8) is 0 Å². The first-order valence-corrected chi connectivity index (χ1v) is 35.7. The molecule has 16 nitrogen and oxygen atoms in total. The molecule has 0 atom stereocenters. The molecule has 7 heterocycles. The number of terminal acetylenes is 1. The number of aromatic amines is 3. The minimum absolute atomic E-state index is 0.0327. The van der Waals surface area contributed by atoms with Gasteiger partial charge in [0.1, 0.15) is 53.5 Å². The van der Waals surface area contributed by atoms with Gasteiger partial charge in [-0.15, -0.1) is 6.42 Å². The van der Waals surface area contributed by atoms with E-state index in [4.69, 9.17) is 107 Å². The predicted octanol–water partition coefficient (Wildman–Crippen LogP) is 20.6. The number of benzene rings is 3. The summed E-state index contributed by atoms with van der Waals surface area (Å²) < 4.78 is 62.4. The van der Waals surface area contributed by atoms with Crippen LogP contribution in [0.3, 0.4) is 0 Å². The molecule has 0 radical (unpaired) electrons. The number of carbonyl (C=O) groups excluding carboxylic acids is 2. The maximum absolute atomic E-state index is 12.8. The highest BCUT2D eigenvalue weighted by Crippen LogP contribution is 2.30. The lowest BCUT2D eigenvalue weighted by Gasteiger charge is -2.04. The van der Waals surface area contributed by atoms with Gasteiger partial charge in [-0.3, -0.25) is 24.0 Å². The first-order chi connectivity index (χ1) is 46.7. The Morgan fingerprint density at radius 2 is 0.869 bits per heavy atom. The van der Waals surface area contributed by atoms with E-state index in [9.17, 15) is 37.1 Å². The van der Waals surface area contributed by atoms with Crippen molar-refractivity contribution in [1.29, 1.82) is 0 Å². The molecule has 0 unspecified atom stereocenters. The number of nitrogens with one attached hydrogen (secondary N) is 3. The Labute approximate surface area is 676 Å². The fraction of sp³-hybridized carbons (Fsp3) is 0.0615. The summed E-state index contributed by atoms with van der Waals surface area (Å²) in [6, 6.07) is 35.5. The molecule has 0 saturated carbocycles. The third kappa shape index (κ3) is 34.3. The fourth-order valence-electron chi connectivity index (χ4n) is 5.77. The third-order valence-electron chi connectivity index (χ3n) is 10.2. The van der Waals surface area contributed by atoms with Gasteiger partial charge < -0.3 is 33.9 Å². The summed E-state index contributed by atoms with van der Waals surface area (Å²) in [5, 5.41) is 2.21. The zero-order valence-electron chi connectivity index (χ0n) is 50.1. The molecule has 0 aliphatic heterocycles. The van der Waals surface area contributed by atoms with Crippen molar-refractivity contribution in [2.75, 3.05) is 14.2 Å². The van der Waals surface area contributed by atoms with Crippen molar-refractivity contribution >= 4 is 234 Å². The van der Waals surface area contributed by atoms with Crippen LogP contribution in [0.15, 0.2) is 181 Å². The van der Waals surface area contributed by atoms with Crippen molar-refractivity contribution in [1.82, 2.24) is 34.9 Å². The Bertz CT molecular complexity index is 4800. The lowest BCUT2D eigenvalue weighted by Crippen LogP contribution is -2.09. The average Bonchev–Trinajstić information content (AvgIpc) is 0.854. The molecule has 10 aromatic rings. The summed E-state index contributed by atoms with van der Waals surface area (Å²) in [6.07, 6.45) is 5.03. The Balaban J connectivity index is 0.000000301. The molecule has 0 amide bonds. The largest absolute Gasteiger partial charge is 0.481 e. The number of ether oxygens (including phenoxy) is 4. The molecule has 3 aromatic carbocycles. The van der Waals surface area contributed by atoms with Gasteiger partial charge in [-0.1, -0.05) is 117 Å². The number of nitrogens with zero attached hydrogens (tertiary/aromatic N) is 4. The van der Waals surface area contributed by atoms with Crippen LogP contribution in [0.25, 0.3) is 0 Å². The maximum atomic E-state index is 12.8. The number of esters is 2. The number of halogens is 18. The molecule has 99 heavy (non-hydrogen) atoms. The van der Waals surface area contributed by atoms with Gasteiger partial charge in [0.2, 0.25) is 29.1 Å². The van der Waals surface area contributed by atoms with E-state index in [1.165, 1.54) is 62.4 Å². The van der Waals surface area contributed by atoms with Crippen molar-refractivity contribution in [3.05, 3.63) is 286 Å². The molecule has 0 saturated heterocycles. The lowest BCUT2D eigenvalue weighted by atomic mass is 10.2. The summed E-state index contributed by atoms with van der Waals surface area (Å²) >= 11 is 62.7. The highest BCUT2D eigenvalue weighted by Gasteiger charge is 2.12. The SMILES string of the molecule is C#Cc1ccc(F)cc1.CC(=O)Oc1nc(Cl)c(Br)cc1C#Cc1ccc(F)cc1.CC(=O)Oc1nc(Cl)c(Br)cc1I.COc1ccc(Br)c(Cl)n1.COc1cccc(Cl)n1.O=c1[nH]c(Cl)c(Br)cc1C#Cc1ccc(F)cc1.O=c1[nH]c(Cl)c(Br)cc1I.O=c1ccc(Br)c(Cl)[nH]1. The molecule has 0 bridgehead atoms.